The Balaban J connectivity index is 2.29. The molecule has 0 saturated carbocycles. The predicted octanol–water partition coefficient (Wildman–Crippen LogP) is 1.56. The molecule has 0 aliphatic heterocycles. The molecule has 0 bridgehead atoms. The third-order valence-corrected chi connectivity index (χ3v) is 3.15. The summed E-state index contributed by atoms with van der Waals surface area (Å²) in [7, 11) is 1.75. The second kappa shape index (κ2) is 5.73. The van der Waals surface area contributed by atoms with Gasteiger partial charge in [0.25, 0.3) is 5.91 Å². The summed E-state index contributed by atoms with van der Waals surface area (Å²) < 4.78 is 1.61. The fraction of sp³-hybridized carbons (Fsp3) is 0.357. The van der Waals surface area contributed by atoms with Crippen molar-refractivity contribution in [3.63, 3.8) is 0 Å². The third-order valence-electron chi connectivity index (χ3n) is 3.15. The standard InChI is InChI=1S/C14H17N3O3/c1-3-6-10(14(19)20)15-13(18)12-9-7-4-5-8-11(9)17(2)16-12/h4-5,7-8,10H,3,6H2,1-2H3,(H,15,18)(H,19,20)/t10-/m1/s1. The molecule has 0 spiro atoms. The summed E-state index contributed by atoms with van der Waals surface area (Å²) in [5.41, 5.74) is 1.09. The first-order valence-corrected chi connectivity index (χ1v) is 6.50. The van der Waals surface area contributed by atoms with Crippen molar-refractivity contribution >= 4 is 22.8 Å². The Morgan fingerprint density at radius 3 is 2.75 bits per heavy atom. The number of aromatic nitrogens is 2. The number of rotatable bonds is 5. The number of fused-ring (bicyclic) bond motifs is 1. The third kappa shape index (κ3) is 2.64. The number of para-hydroxylation sites is 1. The number of aryl methyl sites for hydroxylation is 1. The van der Waals surface area contributed by atoms with Crippen LogP contribution in [0.15, 0.2) is 24.3 Å². The molecule has 2 aromatic rings. The van der Waals surface area contributed by atoms with Gasteiger partial charge < -0.3 is 10.4 Å². The van der Waals surface area contributed by atoms with Gasteiger partial charge in [0.15, 0.2) is 5.69 Å². The number of nitrogens with zero attached hydrogens (tertiary/aromatic N) is 2. The molecule has 106 valence electrons. The highest BCUT2D eigenvalue weighted by atomic mass is 16.4. The highest BCUT2D eigenvalue weighted by molar-refractivity contribution is 6.05. The first-order valence-electron chi connectivity index (χ1n) is 6.50. The van der Waals surface area contributed by atoms with Crippen molar-refractivity contribution in [1.29, 1.82) is 0 Å². The Hall–Kier alpha value is -2.37. The maximum atomic E-state index is 12.2. The van der Waals surface area contributed by atoms with E-state index in [1.165, 1.54) is 0 Å². The summed E-state index contributed by atoms with van der Waals surface area (Å²) in [5, 5.41) is 16.5. The minimum Gasteiger partial charge on any atom is -0.480 e. The first-order chi connectivity index (χ1) is 9.54. The van der Waals surface area contributed by atoms with Crippen LogP contribution < -0.4 is 5.32 Å². The van der Waals surface area contributed by atoms with E-state index in [-0.39, 0.29) is 5.69 Å². The van der Waals surface area contributed by atoms with Crippen LogP contribution in [0.1, 0.15) is 30.3 Å². The zero-order valence-corrected chi connectivity index (χ0v) is 11.5. The van der Waals surface area contributed by atoms with Gasteiger partial charge in [0.2, 0.25) is 0 Å². The van der Waals surface area contributed by atoms with Crippen LogP contribution in [0.2, 0.25) is 0 Å². The summed E-state index contributed by atoms with van der Waals surface area (Å²) in [6.45, 7) is 1.87. The van der Waals surface area contributed by atoms with E-state index >= 15 is 0 Å². The lowest BCUT2D eigenvalue weighted by Gasteiger charge is -2.12. The molecule has 0 aliphatic carbocycles. The molecule has 2 N–H and O–H groups in total. The number of hydrogen-bond donors (Lipinski definition) is 2. The van der Waals surface area contributed by atoms with Crippen LogP contribution in [-0.2, 0) is 11.8 Å². The van der Waals surface area contributed by atoms with Gasteiger partial charge in [-0.3, -0.25) is 9.48 Å². The normalized spacial score (nSPS) is 12.3. The smallest absolute Gasteiger partial charge is 0.326 e. The van der Waals surface area contributed by atoms with Gasteiger partial charge in [-0.05, 0) is 12.5 Å². The van der Waals surface area contributed by atoms with Crippen LogP contribution in [-0.4, -0.2) is 32.8 Å². The van der Waals surface area contributed by atoms with E-state index in [1.54, 1.807) is 17.8 Å². The van der Waals surface area contributed by atoms with Gasteiger partial charge in [-0.25, -0.2) is 4.79 Å². The van der Waals surface area contributed by atoms with E-state index in [9.17, 15) is 9.59 Å². The number of amides is 1. The van der Waals surface area contributed by atoms with E-state index in [4.69, 9.17) is 5.11 Å². The van der Waals surface area contributed by atoms with Crippen molar-refractivity contribution < 1.29 is 14.7 Å². The second-order valence-electron chi connectivity index (χ2n) is 4.64. The lowest BCUT2D eigenvalue weighted by atomic mass is 10.1. The van der Waals surface area contributed by atoms with Gasteiger partial charge in [-0.15, -0.1) is 0 Å². The Labute approximate surface area is 116 Å². The summed E-state index contributed by atoms with van der Waals surface area (Å²) in [6.07, 6.45) is 1.08. The van der Waals surface area contributed by atoms with Crippen LogP contribution >= 0.6 is 0 Å². The Morgan fingerprint density at radius 2 is 2.10 bits per heavy atom. The minimum absolute atomic E-state index is 0.255. The van der Waals surface area contributed by atoms with Crippen molar-refractivity contribution in [2.45, 2.75) is 25.8 Å². The van der Waals surface area contributed by atoms with E-state index in [2.05, 4.69) is 10.4 Å². The lowest BCUT2D eigenvalue weighted by molar-refractivity contribution is -0.139. The van der Waals surface area contributed by atoms with E-state index in [0.29, 0.717) is 18.2 Å². The molecule has 1 amide bonds. The summed E-state index contributed by atoms with van der Waals surface area (Å²) >= 11 is 0. The second-order valence-corrected chi connectivity index (χ2v) is 4.64. The summed E-state index contributed by atoms with van der Waals surface area (Å²) in [5.74, 6) is -1.48. The average molecular weight is 275 g/mol. The van der Waals surface area contributed by atoms with Crippen molar-refractivity contribution in [2.24, 2.45) is 7.05 Å². The maximum absolute atomic E-state index is 12.2. The van der Waals surface area contributed by atoms with Gasteiger partial charge in [-0.2, -0.15) is 5.10 Å². The molecule has 6 nitrogen and oxygen atoms in total. The van der Waals surface area contributed by atoms with E-state index < -0.39 is 17.9 Å². The van der Waals surface area contributed by atoms with Crippen LogP contribution in [0, 0.1) is 0 Å². The molecule has 20 heavy (non-hydrogen) atoms. The molecule has 0 radical (unpaired) electrons. The SMILES string of the molecule is CCC[C@@H](NC(=O)c1nn(C)c2ccccc12)C(=O)O. The average Bonchev–Trinajstić information content (AvgIpc) is 2.76. The molecule has 1 atom stereocenters. The van der Waals surface area contributed by atoms with Crippen LogP contribution in [0.5, 0.6) is 0 Å². The van der Waals surface area contributed by atoms with Crippen LogP contribution in [0.25, 0.3) is 10.9 Å². The van der Waals surface area contributed by atoms with Gasteiger partial charge in [0.05, 0.1) is 5.52 Å². The maximum Gasteiger partial charge on any atom is 0.326 e. The number of carboxylic acid groups (broad SMARTS) is 1. The lowest BCUT2D eigenvalue weighted by Crippen LogP contribution is -2.40. The minimum atomic E-state index is -1.03. The highest BCUT2D eigenvalue weighted by Gasteiger charge is 2.22. The Morgan fingerprint density at radius 1 is 1.40 bits per heavy atom. The largest absolute Gasteiger partial charge is 0.480 e. The van der Waals surface area contributed by atoms with Gasteiger partial charge in [0.1, 0.15) is 6.04 Å². The topological polar surface area (TPSA) is 84.2 Å². The van der Waals surface area contributed by atoms with Gasteiger partial charge >= 0.3 is 5.97 Å². The number of carbonyl (C=O) groups is 2. The quantitative estimate of drug-likeness (QED) is 0.867. The molecule has 2 rings (SSSR count). The molecule has 1 heterocycles. The van der Waals surface area contributed by atoms with Crippen LogP contribution in [0.3, 0.4) is 0 Å². The van der Waals surface area contributed by atoms with Crippen molar-refractivity contribution in [2.75, 3.05) is 0 Å². The van der Waals surface area contributed by atoms with Gasteiger partial charge in [0, 0.05) is 12.4 Å². The molecule has 0 saturated heterocycles. The molecular weight excluding hydrogens is 258 g/mol. The zero-order valence-electron chi connectivity index (χ0n) is 11.5. The van der Waals surface area contributed by atoms with Crippen molar-refractivity contribution in [3.8, 4) is 0 Å². The molecular formula is C14H17N3O3. The van der Waals surface area contributed by atoms with E-state index in [1.807, 2.05) is 25.1 Å². The Kier molecular flexibility index (Phi) is 4.02. The molecule has 1 aromatic heterocycles. The summed E-state index contributed by atoms with van der Waals surface area (Å²) in [6, 6.07) is 6.46. The van der Waals surface area contributed by atoms with Crippen molar-refractivity contribution in [1.82, 2.24) is 15.1 Å². The zero-order chi connectivity index (χ0) is 14.7. The monoisotopic (exact) mass is 275 g/mol. The number of carbonyl (C=O) groups excluding carboxylic acids is 1. The fourth-order valence-electron chi connectivity index (χ4n) is 2.15. The first kappa shape index (κ1) is 14.0. The number of nitrogens with one attached hydrogen (secondary N) is 1. The van der Waals surface area contributed by atoms with Crippen molar-refractivity contribution in [3.05, 3.63) is 30.0 Å². The Bertz CT molecular complexity index is 648. The van der Waals surface area contributed by atoms with Gasteiger partial charge in [-0.1, -0.05) is 31.5 Å². The van der Waals surface area contributed by atoms with Crippen LogP contribution in [0.4, 0.5) is 0 Å². The highest BCUT2D eigenvalue weighted by Crippen LogP contribution is 2.17. The summed E-state index contributed by atoms with van der Waals surface area (Å²) in [4.78, 5) is 23.3. The number of carboxylic acids is 1. The fourth-order valence-corrected chi connectivity index (χ4v) is 2.15. The molecule has 0 fully saturated rings. The molecule has 6 heteroatoms. The molecule has 0 unspecified atom stereocenters. The molecule has 0 aliphatic rings. The number of hydrogen-bond acceptors (Lipinski definition) is 3. The molecule has 1 aromatic carbocycles. The number of aliphatic carboxylic acids is 1. The van der Waals surface area contributed by atoms with E-state index in [0.717, 1.165) is 5.52 Å². The number of benzene rings is 1. The predicted molar refractivity (Wildman–Crippen MR) is 74.5 cm³/mol.